The predicted molar refractivity (Wildman–Crippen MR) is 114 cm³/mol. The lowest BCUT2D eigenvalue weighted by atomic mass is 9.52. The van der Waals surface area contributed by atoms with Crippen LogP contribution in [0.25, 0.3) is 0 Å². The van der Waals surface area contributed by atoms with Gasteiger partial charge in [0, 0.05) is 11.5 Å². The molecule has 4 aliphatic rings. The molecular weight excluding hydrogens is 330 g/mol. The first-order valence-electron chi connectivity index (χ1n) is 12.2. The maximum atomic E-state index is 12.8. The molecule has 0 aliphatic heterocycles. The smallest absolute Gasteiger partial charge is 0.223 e. The second-order valence-corrected chi connectivity index (χ2v) is 11.1. The van der Waals surface area contributed by atoms with Gasteiger partial charge >= 0.3 is 0 Å². The highest BCUT2D eigenvalue weighted by molar-refractivity contribution is 5.80. The molecule has 0 aromatic heterocycles. The van der Waals surface area contributed by atoms with Crippen LogP contribution in [0.4, 0.5) is 0 Å². The van der Waals surface area contributed by atoms with Crippen LogP contribution in [0.5, 0.6) is 0 Å². The Balaban J connectivity index is 0.00000102. The van der Waals surface area contributed by atoms with E-state index >= 15 is 0 Å². The van der Waals surface area contributed by atoms with E-state index in [1.807, 2.05) is 13.8 Å². The third-order valence-electron chi connectivity index (χ3n) is 8.37. The Bertz CT molecular complexity index is 507. The van der Waals surface area contributed by atoms with Crippen molar-refractivity contribution in [1.29, 1.82) is 0 Å². The minimum absolute atomic E-state index is 0.0940. The van der Waals surface area contributed by atoms with Crippen LogP contribution in [-0.2, 0) is 4.79 Å². The van der Waals surface area contributed by atoms with Gasteiger partial charge in [0.2, 0.25) is 5.91 Å². The third kappa shape index (κ3) is 4.40. The van der Waals surface area contributed by atoms with Crippen molar-refractivity contribution in [3.63, 3.8) is 0 Å². The quantitative estimate of drug-likeness (QED) is 0.561. The molecule has 0 aromatic rings. The lowest BCUT2D eigenvalue weighted by Gasteiger charge is -2.53. The Morgan fingerprint density at radius 2 is 1.26 bits per heavy atom. The van der Waals surface area contributed by atoms with Crippen molar-refractivity contribution in [2.24, 2.45) is 47.3 Å². The van der Waals surface area contributed by atoms with Crippen LogP contribution in [0.3, 0.4) is 0 Å². The Labute approximate surface area is 168 Å². The first-order valence-corrected chi connectivity index (χ1v) is 12.2. The van der Waals surface area contributed by atoms with Crippen molar-refractivity contribution in [3.05, 3.63) is 0 Å². The van der Waals surface area contributed by atoms with Gasteiger partial charge in [-0.05, 0) is 114 Å². The molecule has 0 saturated heterocycles. The van der Waals surface area contributed by atoms with E-state index in [0.29, 0.717) is 17.7 Å². The van der Waals surface area contributed by atoms with Crippen molar-refractivity contribution in [2.45, 2.75) is 105 Å². The molecule has 0 aromatic carbocycles. The summed E-state index contributed by atoms with van der Waals surface area (Å²) in [7, 11) is 0. The minimum atomic E-state index is -0.0940. The molecule has 156 valence electrons. The van der Waals surface area contributed by atoms with Crippen LogP contribution < -0.4 is 5.32 Å². The largest absolute Gasteiger partial charge is 0.351 e. The van der Waals surface area contributed by atoms with Crippen molar-refractivity contribution in [3.8, 4) is 0 Å². The molecule has 4 rings (SSSR count). The van der Waals surface area contributed by atoms with Crippen LogP contribution in [0, 0.1) is 47.3 Å². The van der Waals surface area contributed by atoms with Gasteiger partial charge < -0.3 is 5.32 Å². The Kier molecular flexibility index (Phi) is 6.63. The first-order chi connectivity index (χ1) is 12.8. The number of nitrogens with one attached hydrogen (secondary N) is 1. The first kappa shape index (κ1) is 21.2. The summed E-state index contributed by atoms with van der Waals surface area (Å²) in [5.41, 5.74) is -0.0940. The van der Waals surface area contributed by atoms with Gasteiger partial charge in [-0.1, -0.05) is 27.2 Å². The third-order valence-corrected chi connectivity index (χ3v) is 8.37. The van der Waals surface area contributed by atoms with Gasteiger partial charge in [0.15, 0.2) is 0 Å². The number of fused-ring (bicyclic) bond motifs is 5. The molecule has 27 heavy (non-hydrogen) atoms. The zero-order valence-corrected chi connectivity index (χ0v) is 18.9. The van der Waals surface area contributed by atoms with Crippen LogP contribution in [-0.4, -0.2) is 11.4 Å². The molecular formula is C25H45NO. The highest BCUT2D eigenvalue weighted by Crippen LogP contribution is 2.59. The lowest BCUT2D eigenvalue weighted by Crippen LogP contribution is -2.48. The van der Waals surface area contributed by atoms with E-state index < -0.39 is 0 Å². The van der Waals surface area contributed by atoms with Gasteiger partial charge in [-0.2, -0.15) is 0 Å². The van der Waals surface area contributed by atoms with E-state index in [4.69, 9.17) is 0 Å². The van der Waals surface area contributed by atoms with E-state index in [1.54, 1.807) is 0 Å². The maximum absolute atomic E-state index is 12.8. The molecule has 2 heteroatoms. The topological polar surface area (TPSA) is 29.1 Å². The van der Waals surface area contributed by atoms with Gasteiger partial charge in [0.1, 0.15) is 0 Å². The van der Waals surface area contributed by atoms with E-state index in [2.05, 4.69) is 33.0 Å². The van der Waals surface area contributed by atoms with Crippen LogP contribution >= 0.6 is 0 Å². The summed E-state index contributed by atoms with van der Waals surface area (Å²) in [4.78, 5) is 12.8. The Morgan fingerprint density at radius 3 is 1.96 bits per heavy atom. The summed E-state index contributed by atoms with van der Waals surface area (Å²) in [6, 6.07) is 0. The average Bonchev–Trinajstić information content (AvgIpc) is 3.06. The molecule has 0 spiro atoms. The number of hydrogen-bond donors (Lipinski definition) is 1. The standard InChI is InChI=1S/C23H39NO.C2H6/c1-14-5-7-16-15(13-14)6-8-18-17(16)9-10-20-19(18)11-12-21(20)22(25)24-23(2,3)4;1-2/h14-21H,5-13H2,1-4H3,(H,24,25);1-2H3. The van der Waals surface area contributed by atoms with Crippen molar-refractivity contribution in [2.75, 3.05) is 0 Å². The Morgan fingerprint density at radius 1 is 0.741 bits per heavy atom. The number of rotatable bonds is 1. The molecule has 1 amide bonds. The summed E-state index contributed by atoms with van der Waals surface area (Å²) in [6.07, 6.45) is 12.6. The molecule has 0 radical (unpaired) electrons. The molecule has 4 saturated carbocycles. The molecule has 1 N–H and O–H groups in total. The van der Waals surface area contributed by atoms with E-state index in [-0.39, 0.29) is 5.54 Å². The maximum Gasteiger partial charge on any atom is 0.223 e. The molecule has 2 nitrogen and oxygen atoms in total. The normalized spacial score (nSPS) is 43.5. The zero-order chi connectivity index (χ0) is 19.8. The van der Waals surface area contributed by atoms with Gasteiger partial charge in [0.05, 0.1) is 0 Å². The van der Waals surface area contributed by atoms with Crippen LogP contribution in [0.2, 0.25) is 0 Å². The Hall–Kier alpha value is -0.530. The van der Waals surface area contributed by atoms with Gasteiger partial charge in [0.25, 0.3) is 0 Å². The summed E-state index contributed by atoms with van der Waals surface area (Å²) in [5.74, 6) is 7.15. The second-order valence-electron chi connectivity index (χ2n) is 11.1. The summed E-state index contributed by atoms with van der Waals surface area (Å²) < 4.78 is 0. The summed E-state index contributed by atoms with van der Waals surface area (Å²) in [5, 5.41) is 3.28. The van der Waals surface area contributed by atoms with Crippen LogP contribution in [0.15, 0.2) is 0 Å². The van der Waals surface area contributed by atoms with Crippen molar-refractivity contribution in [1.82, 2.24) is 5.32 Å². The number of amides is 1. The van der Waals surface area contributed by atoms with E-state index in [0.717, 1.165) is 41.9 Å². The highest BCUT2D eigenvalue weighted by Gasteiger charge is 2.52. The fourth-order valence-corrected chi connectivity index (χ4v) is 7.53. The van der Waals surface area contributed by atoms with Crippen LogP contribution in [0.1, 0.15) is 99.3 Å². The van der Waals surface area contributed by atoms with E-state index in [9.17, 15) is 4.79 Å². The lowest BCUT2D eigenvalue weighted by molar-refractivity contribution is -0.129. The van der Waals surface area contributed by atoms with Gasteiger partial charge in [-0.3, -0.25) is 4.79 Å². The number of carbonyl (C=O) groups is 1. The highest BCUT2D eigenvalue weighted by atomic mass is 16.2. The second kappa shape index (κ2) is 8.46. The molecule has 4 fully saturated rings. The minimum Gasteiger partial charge on any atom is -0.351 e. The number of hydrogen-bond acceptors (Lipinski definition) is 1. The van der Waals surface area contributed by atoms with Crippen molar-refractivity contribution < 1.29 is 4.79 Å². The SMILES string of the molecule is CC.CC1CCC2C(CCC3C2CCC2C(C(=O)NC(C)(C)C)CCC23)C1. The van der Waals surface area contributed by atoms with Crippen molar-refractivity contribution >= 4 is 5.91 Å². The zero-order valence-electron chi connectivity index (χ0n) is 18.9. The van der Waals surface area contributed by atoms with Gasteiger partial charge in [-0.25, -0.2) is 0 Å². The average molecular weight is 376 g/mol. The monoisotopic (exact) mass is 375 g/mol. The van der Waals surface area contributed by atoms with E-state index in [1.165, 1.54) is 51.4 Å². The molecule has 8 unspecified atom stereocenters. The van der Waals surface area contributed by atoms with Gasteiger partial charge in [-0.15, -0.1) is 0 Å². The molecule has 0 heterocycles. The summed E-state index contributed by atoms with van der Waals surface area (Å²) in [6.45, 7) is 12.8. The molecule has 0 bridgehead atoms. The molecule has 4 aliphatic carbocycles. The fourth-order valence-electron chi connectivity index (χ4n) is 7.53. The summed E-state index contributed by atoms with van der Waals surface area (Å²) >= 11 is 0. The molecule has 8 atom stereocenters. The fraction of sp³-hybridized carbons (Fsp3) is 0.960. The predicted octanol–water partition coefficient (Wildman–Crippen LogP) is 6.44. The number of carbonyl (C=O) groups excluding carboxylic acids is 1.